The molecule has 5 heteroatoms. The van der Waals surface area contributed by atoms with Crippen LogP contribution in [0, 0.1) is 0 Å². The Kier molecular flexibility index (Phi) is 5.94. The van der Waals surface area contributed by atoms with E-state index >= 15 is 0 Å². The molecule has 5 nitrogen and oxygen atoms in total. The second kappa shape index (κ2) is 8.96. The molecular formula is C26H25NO4. The SMILES string of the molecule is COc1ccc(C2C(c3ccccc3)=C(O)C(=O)N2CCc2ccccc2)cc1OC. The molecule has 1 N–H and O–H groups in total. The molecule has 1 aliphatic heterocycles. The monoisotopic (exact) mass is 415 g/mol. The summed E-state index contributed by atoms with van der Waals surface area (Å²) >= 11 is 0. The average Bonchev–Trinajstić information content (AvgIpc) is 3.08. The number of benzene rings is 3. The smallest absolute Gasteiger partial charge is 0.289 e. The topological polar surface area (TPSA) is 59.0 Å². The van der Waals surface area contributed by atoms with Crippen molar-refractivity contribution in [2.45, 2.75) is 12.5 Å². The molecule has 0 aromatic heterocycles. The average molecular weight is 415 g/mol. The number of carbonyl (C=O) groups is 1. The molecule has 3 aromatic carbocycles. The third kappa shape index (κ3) is 3.99. The molecule has 1 atom stereocenters. The summed E-state index contributed by atoms with van der Waals surface area (Å²) in [4.78, 5) is 14.9. The number of methoxy groups -OCH3 is 2. The lowest BCUT2D eigenvalue weighted by Gasteiger charge is -2.28. The number of hydrogen-bond acceptors (Lipinski definition) is 4. The van der Waals surface area contributed by atoms with Gasteiger partial charge < -0.3 is 19.5 Å². The summed E-state index contributed by atoms with van der Waals surface area (Å²) in [7, 11) is 3.17. The van der Waals surface area contributed by atoms with Crippen molar-refractivity contribution in [3.05, 3.63) is 101 Å². The fraction of sp³-hybridized carbons (Fsp3) is 0.192. The van der Waals surface area contributed by atoms with Crippen molar-refractivity contribution >= 4 is 11.5 Å². The Morgan fingerprint density at radius 2 is 1.52 bits per heavy atom. The van der Waals surface area contributed by atoms with Crippen LogP contribution in [0.2, 0.25) is 0 Å². The number of ether oxygens (including phenoxy) is 2. The molecule has 1 unspecified atom stereocenters. The number of amides is 1. The maximum Gasteiger partial charge on any atom is 0.289 e. The lowest BCUT2D eigenvalue weighted by Crippen LogP contribution is -2.32. The van der Waals surface area contributed by atoms with Crippen LogP contribution in [0.3, 0.4) is 0 Å². The van der Waals surface area contributed by atoms with Crippen molar-refractivity contribution in [3.63, 3.8) is 0 Å². The van der Waals surface area contributed by atoms with Gasteiger partial charge in [-0.1, -0.05) is 66.7 Å². The Labute approximate surface area is 182 Å². The lowest BCUT2D eigenvalue weighted by atomic mass is 9.93. The Morgan fingerprint density at radius 3 is 2.16 bits per heavy atom. The van der Waals surface area contributed by atoms with Gasteiger partial charge in [0.2, 0.25) is 0 Å². The number of carbonyl (C=O) groups excluding carboxylic acids is 1. The molecule has 158 valence electrons. The number of rotatable bonds is 7. The Hall–Kier alpha value is -3.73. The van der Waals surface area contributed by atoms with Gasteiger partial charge in [0.25, 0.3) is 5.91 Å². The minimum Gasteiger partial charge on any atom is -0.503 e. The highest BCUT2D eigenvalue weighted by molar-refractivity contribution is 6.05. The zero-order valence-electron chi connectivity index (χ0n) is 17.6. The molecule has 0 radical (unpaired) electrons. The molecule has 3 aromatic rings. The van der Waals surface area contributed by atoms with E-state index in [0.29, 0.717) is 30.0 Å². The van der Waals surface area contributed by atoms with Gasteiger partial charge in [-0.2, -0.15) is 0 Å². The van der Waals surface area contributed by atoms with Gasteiger partial charge in [0.1, 0.15) is 0 Å². The molecule has 1 heterocycles. The minimum absolute atomic E-state index is 0.209. The van der Waals surface area contributed by atoms with Gasteiger partial charge in [-0.3, -0.25) is 4.79 Å². The van der Waals surface area contributed by atoms with Gasteiger partial charge in [-0.15, -0.1) is 0 Å². The van der Waals surface area contributed by atoms with Crippen molar-refractivity contribution in [2.24, 2.45) is 0 Å². The van der Waals surface area contributed by atoms with Crippen LogP contribution in [-0.4, -0.2) is 36.7 Å². The standard InChI is InChI=1S/C26H25NO4/c1-30-21-14-13-20(17-22(21)31-2)24-23(19-11-7-4-8-12-19)25(28)26(29)27(24)16-15-18-9-5-3-6-10-18/h3-14,17,24,28H,15-16H2,1-2H3. The van der Waals surface area contributed by atoms with E-state index in [-0.39, 0.29) is 11.7 Å². The predicted molar refractivity (Wildman–Crippen MR) is 120 cm³/mol. The van der Waals surface area contributed by atoms with Crippen LogP contribution < -0.4 is 9.47 Å². The van der Waals surface area contributed by atoms with E-state index in [0.717, 1.165) is 16.7 Å². The van der Waals surface area contributed by atoms with Crippen LogP contribution in [0.4, 0.5) is 0 Å². The summed E-state index contributed by atoms with van der Waals surface area (Å²) in [5, 5.41) is 10.9. The third-order valence-electron chi connectivity index (χ3n) is 5.60. The summed E-state index contributed by atoms with van der Waals surface area (Å²) in [6.45, 7) is 0.474. The van der Waals surface area contributed by atoms with Gasteiger partial charge >= 0.3 is 0 Å². The first-order chi connectivity index (χ1) is 15.1. The second-order valence-electron chi connectivity index (χ2n) is 7.38. The largest absolute Gasteiger partial charge is 0.503 e. The summed E-state index contributed by atoms with van der Waals surface area (Å²) in [5.41, 5.74) is 3.40. The molecule has 0 spiro atoms. The van der Waals surface area contributed by atoms with Crippen molar-refractivity contribution in [1.29, 1.82) is 0 Å². The van der Waals surface area contributed by atoms with Crippen molar-refractivity contribution in [3.8, 4) is 11.5 Å². The summed E-state index contributed by atoms with van der Waals surface area (Å²) in [5.74, 6) is 0.615. The summed E-state index contributed by atoms with van der Waals surface area (Å²) in [6.07, 6.45) is 0.686. The molecule has 0 saturated carbocycles. The van der Waals surface area contributed by atoms with Gasteiger partial charge in [0, 0.05) is 12.1 Å². The van der Waals surface area contributed by atoms with Gasteiger partial charge in [-0.05, 0) is 35.2 Å². The zero-order valence-corrected chi connectivity index (χ0v) is 17.6. The van der Waals surface area contributed by atoms with Crippen LogP contribution in [0.15, 0.2) is 84.6 Å². The van der Waals surface area contributed by atoms with Crippen LogP contribution >= 0.6 is 0 Å². The van der Waals surface area contributed by atoms with E-state index in [2.05, 4.69) is 0 Å². The van der Waals surface area contributed by atoms with E-state index in [1.54, 1.807) is 19.1 Å². The van der Waals surface area contributed by atoms with Crippen LogP contribution in [-0.2, 0) is 11.2 Å². The number of nitrogens with zero attached hydrogens (tertiary/aromatic N) is 1. The lowest BCUT2D eigenvalue weighted by molar-refractivity contribution is -0.129. The van der Waals surface area contributed by atoms with E-state index in [1.807, 2.05) is 78.9 Å². The highest BCUT2D eigenvalue weighted by Gasteiger charge is 2.41. The highest BCUT2D eigenvalue weighted by Crippen LogP contribution is 2.44. The molecule has 31 heavy (non-hydrogen) atoms. The maximum absolute atomic E-state index is 13.1. The van der Waals surface area contributed by atoms with Crippen molar-refractivity contribution in [2.75, 3.05) is 20.8 Å². The molecule has 1 aliphatic rings. The molecule has 4 rings (SSSR count). The van der Waals surface area contributed by atoms with Gasteiger partial charge in [-0.25, -0.2) is 0 Å². The van der Waals surface area contributed by atoms with Crippen LogP contribution in [0.5, 0.6) is 11.5 Å². The van der Waals surface area contributed by atoms with Crippen molar-refractivity contribution in [1.82, 2.24) is 4.90 Å². The maximum atomic E-state index is 13.1. The molecule has 1 amide bonds. The molecule has 0 saturated heterocycles. The molecular weight excluding hydrogens is 390 g/mol. The first-order valence-corrected chi connectivity index (χ1v) is 10.2. The van der Waals surface area contributed by atoms with Gasteiger partial charge in [0.05, 0.1) is 20.3 Å². The van der Waals surface area contributed by atoms with Gasteiger partial charge in [0.15, 0.2) is 17.3 Å². The van der Waals surface area contributed by atoms with E-state index in [1.165, 1.54) is 0 Å². The van der Waals surface area contributed by atoms with Crippen molar-refractivity contribution < 1.29 is 19.4 Å². The number of aliphatic hydroxyl groups is 1. The first kappa shape index (κ1) is 20.5. The van der Waals surface area contributed by atoms with Crippen LogP contribution in [0.1, 0.15) is 22.7 Å². The predicted octanol–water partition coefficient (Wildman–Crippen LogP) is 4.80. The number of hydrogen-bond donors (Lipinski definition) is 1. The minimum atomic E-state index is -0.432. The Balaban J connectivity index is 1.77. The number of aliphatic hydroxyl groups excluding tert-OH is 1. The highest BCUT2D eigenvalue weighted by atomic mass is 16.5. The molecule has 0 fully saturated rings. The van der Waals surface area contributed by atoms with E-state index < -0.39 is 6.04 Å². The Bertz CT molecular complexity index is 1090. The fourth-order valence-electron chi connectivity index (χ4n) is 4.06. The molecule has 0 bridgehead atoms. The van der Waals surface area contributed by atoms with E-state index in [4.69, 9.17) is 9.47 Å². The van der Waals surface area contributed by atoms with E-state index in [9.17, 15) is 9.90 Å². The summed E-state index contributed by atoms with van der Waals surface area (Å²) < 4.78 is 10.9. The fourth-order valence-corrected chi connectivity index (χ4v) is 4.06. The Morgan fingerprint density at radius 1 is 0.871 bits per heavy atom. The molecule has 0 aliphatic carbocycles. The van der Waals surface area contributed by atoms with Crippen LogP contribution in [0.25, 0.3) is 5.57 Å². The first-order valence-electron chi connectivity index (χ1n) is 10.2. The quantitative estimate of drug-likeness (QED) is 0.602. The zero-order chi connectivity index (χ0) is 21.8. The summed E-state index contributed by atoms with van der Waals surface area (Å²) in [6, 6.07) is 24.7. The third-order valence-corrected chi connectivity index (χ3v) is 5.60. The second-order valence-corrected chi connectivity index (χ2v) is 7.38. The normalized spacial score (nSPS) is 16.0.